The van der Waals surface area contributed by atoms with Gasteiger partial charge in [-0.3, -0.25) is 4.79 Å². The zero-order valence-corrected chi connectivity index (χ0v) is 12.3. The molecule has 1 N–H and O–H groups in total. The average Bonchev–Trinajstić information content (AvgIpc) is 2.90. The molecule has 0 fully saturated rings. The first-order chi connectivity index (χ1) is 11.2. The molecule has 114 valence electrons. The van der Waals surface area contributed by atoms with Gasteiger partial charge >= 0.3 is 5.97 Å². The van der Waals surface area contributed by atoms with Crippen molar-refractivity contribution < 1.29 is 14.3 Å². The minimum absolute atomic E-state index is 0.182. The van der Waals surface area contributed by atoms with Gasteiger partial charge in [-0.25, -0.2) is 10.2 Å². The van der Waals surface area contributed by atoms with Crippen LogP contribution in [0.3, 0.4) is 0 Å². The fourth-order valence-corrected chi connectivity index (χ4v) is 3.03. The molecule has 0 bridgehead atoms. The lowest BCUT2D eigenvalue weighted by atomic mass is 10.1. The summed E-state index contributed by atoms with van der Waals surface area (Å²) in [6.07, 6.45) is 0.127. The van der Waals surface area contributed by atoms with Crippen LogP contribution in [0.2, 0.25) is 0 Å². The van der Waals surface area contributed by atoms with Gasteiger partial charge in [-0.15, -0.1) is 0 Å². The molecule has 0 atom stereocenters. The molecule has 2 aromatic rings. The molecule has 0 unspecified atom stereocenters. The number of ether oxygens (including phenoxy) is 1. The van der Waals surface area contributed by atoms with Crippen molar-refractivity contribution in [1.29, 1.82) is 0 Å². The maximum Gasteiger partial charge on any atom is 0.355 e. The van der Waals surface area contributed by atoms with Gasteiger partial charge < -0.3 is 4.74 Å². The molecule has 2 aliphatic rings. The van der Waals surface area contributed by atoms with E-state index in [2.05, 4.69) is 10.5 Å². The van der Waals surface area contributed by atoms with Crippen LogP contribution in [-0.2, 0) is 14.3 Å². The number of fused-ring (bicyclic) bond motifs is 3. The third kappa shape index (κ3) is 2.30. The highest BCUT2D eigenvalue weighted by molar-refractivity contribution is 6.37. The van der Waals surface area contributed by atoms with E-state index in [1.165, 1.54) is 0 Å². The highest BCUT2D eigenvalue weighted by Gasteiger charge is 2.32. The molecule has 23 heavy (non-hydrogen) atoms. The number of nitrogens with zero attached hydrogens (tertiary/aromatic N) is 1. The molecule has 1 heterocycles. The third-order valence-corrected chi connectivity index (χ3v) is 4.14. The van der Waals surface area contributed by atoms with Gasteiger partial charge in [0.05, 0.1) is 0 Å². The molecule has 0 saturated heterocycles. The molecule has 0 aromatic heterocycles. The standard InChI is InChI=1S/C18H14N2O3/c21-16-10-9-15(19-20-16)18(22)23-17-13-7-3-1-5-11(13)12-6-2-4-8-14(12)17/h1-8,17H,9-10H2,(H,20,21). The molecule has 5 heteroatoms. The Morgan fingerprint density at radius 1 is 1.00 bits per heavy atom. The van der Waals surface area contributed by atoms with Crippen molar-refractivity contribution in [3.8, 4) is 11.1 Å². The summed E-state index contributed by atoms with van der Waals surface area (Å²) in [4.78, 5) is 23.5. The molecular weight excluding hydrogens is 292 g/mol. The van der Waals surface area contributed by atoms with Gasteiger partial charge in [-0.05, 0) is 11.1 Å². The van der Waals surface area contributed by atoms with E-state index < -0.39 is 12.1 Å². The van der Waals surface area contributed by atoms with Crippen molar-refractivity contribution in [2.75, 3.05) is 0 Å². The second-order valence-electron chi connectivity index (χ2n) is 5.55. The summed E-state index contributed by atoms with van der Waals surface area (Å²) in [6.45, 7) is 0. The Kier molecular flexibility index (Phi) is 3.19. The summed E-state index contributed by atoms with van der Waals surface area (Å²) in [5, 5.41) is 3.81. The normalized spacial score (nSPS) is 16.2. The molecule has 4 rings (SSSR count). The average molecular weight is 306 g/mol. The lowest BCUT2D eigenvalue weighted by Gasteiger charge is -2.17. The van der Waals surface area contributed by atoms with Crippen LogP contribution in [0.15, 0.2) is 53.6 Å². The van der Waals surface area contributed by atoms with Gasteiger partial charge in [0.15, 0.2) is 6.10 Å². The van der Waals surface area contributed by atoms with Crippen LogP contribution in [0.1, 0.15) is 30.1 Å². The number of amides is 1. The predicted molar refractivity (Wildman–Crippen MR) is 84.6 cm³/mol. The summed E-state index contributed by atoms with van der Waals surface area (Å²) in [6, 6.07) is 15.8. The van der Waals surface area contributed by atoms with E-state index in [0.717, 1.165) is 22.3 Å². The molecule has 0 spiro atoms. The lowest BCUT2D eigenvalue weighted by Crippen LogP contribution is -2.31. The topological polar surface area (TPSA) is 67.8 Å². The van der Waals surface area contributed by atoms with Crippen molar-refractivity contribution in [1.82, 2.24) is 5.43 Å². The van der Waals surface area contributed by atoms with Crippen LogP contribution in [0, 0.1) is 0 Å². The molecule has 0 saturated carbocycles. The van der Waals surface area contributed by atoms with E-state index in [-0.39, 0.29) is 18.0 Å². The van der Waals surface area contributed by atoms with Crippen LogP contribution >= 0.6 is 0 Å². The van der Waals surface area contributed by atoms with Crippen molar-refractivity contribution in [2.45, 2.75) is 18.9 Å². The van der Waals surface area contributed by atoms with Gasteiger partial charge in [0.25, 0.3) is 0 Å². The van der Waals surface area contributed by atoms with Crippen LogP contribution in [0.5, 0.6) is 0 Å². The monoisotopic (exact) mass is 306 g/mol. The maximum absolute atomic E-state index is 12.4. The van der Waals surface area contributed by atoms with E-state index in [9.17, 15) is 9.59 Å². The summed E-state index contributed by atoms with van der Waals surface area (Å²) in [7, 11) is 0. The fraction of sp³-hybridized carbons (Fsp3) is 0.167. The van der Waals surface area contributed by atoms with Crippen LogP contribution in [0.4, 0.5) is 0 Å². The van der Waals surface area contributed by atoms with Crippen molar-refractivity contribution in [3.05, 3.63) is 59.7 Å². The van der Waals surface area contributed by atoms with Crippen LogP contribution in [0.25, 0.3) is 11.1 Å². The Hall–Kier alpha value is -2.95. The molecule has 1 aliphatic carbocycles. The van der Waals surface area contributed by atoms with E-state index in [4.69, 9.17) is 4.74 Å². The quantitative estimate of drug-likeness (QED) is 0.867. The Morgan fingerprint density at radius 2 is 1.61 bits per heavy atom. The van der Waals surface area contributed by atoms with Crippen molar-refractivity contribution in [2.24, 2.45) is 5.10 Å². The number of hydrazone groups is 1. The Labute approximate surface area is 133 Å². The Balaban J connectivity index is 1.67. The van der Waals surface area contributed by atoms with E-state index >= 15 is 0 Å². The molecule has 5 nitrogen and oxygen atoms in total. The van der Waals surface area contributed by atoms with Gasteiger partial charge in [0.2, 0.25) is 5.91 Å². The summed E-state index contributed by atoms with van der Waals surface area (Å²) >= 11 is 0. The SMILES string of the molecule is O=C1CCC(C(=O)OC2c3ccccc3-c3ccccc32)=NN1. The highest BCUT2D eigenvalue weighted by atomic mass is 16.5. The number of benzene rings is 2. The summed E-state index contributed by atoms with van der Waals surface area (Å²) < 4.78 is 5.72. The first-order valence-corrected chi connectivity index (χ1v) is 7.48. The number of rotatable bonds is 2. The third-order valence-electron chi connectivity index (χ3n) is 4.14. The van der Waals surface area contributed by atoms with E-state index in [1.807, 2.05) is 48.5 Å². The number of carbonyl (C=O) groups is 2. The Bertz CT molecular complexity index is 796. The minimum Gasteiger partial charge on any atom is -0.448 e. The molecule has 1 aliphatic heterocycles. The largest absolute Gasteiger partial charge is 0.448 e. The second-order valence-corrected chi connectivity index (χ2v) is 5.55. The molecular formula is C18H14N2O3. The van der Waals surface area contributed by atoms with Crippen molar-refractivity contribution >= 4 is 17.6 Å². The predicted octanol–water partition coefficient (Wildman–Crippen LogP) is 2.57. The first kappa shape index (κ1) is 13.7. The number of hydrogen-bond donors (Lipinski definition) is 1. The first-order valence-electron chi connectivity index (χ1n) is 7.48. The lowest BCUT2D eigenvalue weighted by molar-refractivity contribution is -0.139. The molecule has 2 aromatic carbocycles. The van der Waals surface area contributed by atoms with E-state index in [1.54, 1.807) is 0 Å². The van der Waals surface area contributed by atoms with Crippen LogP contribution < -0.4 is 5.43 Å². The number of esters is 1. The smallest absolute Gasteiger partial charge is 0.355 e. The van der Waals surface area contributed by atoms with Crippen molar-refractivity contribution in [3.63, 3.8) is 0 Å². The molecule has 1 amide bonds. The molecule has 0 radical (unpaired) electrons. The number of hydrogen-bond acceptors (Lipinski definition) is 4. The van der Waals surface area contributed by atoms with E-state index in [0.29, 0.717) is 6.42 Å². The minimum atomic E-state index is -0.485. The number of carbonyl (C=O) groups excluding carboxylic acids is 2. The van der Waals surface area contributed by atoms with Gasteiger partial charge in [-0.2, -0.15) is 5.10 Å². The van der Waals surface area contributed by atoms with Gasteiger partial charge in [0.1, 0.15) is 5.71 Å². The fourth-order valence-electron chi connectivity index (χ4n) is 3.03. The van der Waals surface area contributed by atoms with Gasteiger partial charge in [0, 0.05) is 24.0 Å². The number of nitrogens with one attached hydrogen (secondary N) is 1. The summed E-state index contributed by atoms with van der Waals surface area (Å²) in [5.41, 5.74) is 6.70. The maximum atomic E-state index is 12.4. The highest BCUT2D eigenvalue weighted by Crippen LogP contribution is 2.45. The summed E-state index contributed by atoms with van der Waals surface area (Å²) in [5.74, 6) is -0.667. The van der Waals surface area contributed by atoms with Gasteiger partial charge in [-0.1, -0.05) is 48.5 Å². The second kappa shape index (κ2) is 5.35. The zero-order valence-electron chi connectivity index (χ0n) is 12.3. The zero-order chi connectivity index (χ0) is 15.8. The van der Waals surface area contributed by atoms with Crippen LogP contribution in [-0.4, -0.2) is 17.6 Å². The Morgan fingerprint density at radius 3 is 2.17 bits per heavy atom.